The molecule has 2 rings (SSSR count). The molecule has 1 N–H and O–H groups in total. The molecular weight excluding hydrogens is 248 g/mol. The number of hydrogen-bond donors (Lipinski definition) is 1. The third kappa shape index (κ3) is 2.52. The van der Waals surface area contributed by atoms with Gasteiger partial charge in [0.25, 0.3) is 0 Å². The van der Waals surface area contributed by atoms with Crippen LogP contribution in [0, 0.1) is 6.92 Å². The first-order valence-corrected chi connectivity index (χ1v) is 6.82. The van der Waals surface area contributed by atoms with Crippen molar-refractivity contribution in [3.8, 4) is 0 Å². The molecule has 0 radical (unpaired) electrons. The average molecular weight is 267 g/mol. The van der Waals surface area contributed by atoms with E-state index in [1.54, 1.807) is 0 Å². The second-order valence-corrected chi connectivity index (χ2v) is 5.05. The summed E-state index contributed by atoms with van der Waals surface area (Å²) in [4.78, 5) is 14.3. The number of aryl methyl sites for hydroxylation is 1. The number of benzene rings is 1. The molecule has 98 valence electrons. The van der Waals surface area contributed by atoms with E-state index in [4.69, 9.17) is 11.6 Å². The largest absolute Gasteiger partial charge is 0.309 e. The monoisotopic (exact) mass is 266 g/mol. The summed E-state index contributed by atoms with van der Waals surface area (Å²) in [5.41, 5.74) is 1.92. The second-order valence-electron chi connectivity index (χ2n) is 4.65. The van der Waals surface area contributed by atoms with E-state index in [0.29, 0.717) is 5.02 Å². The van der Waals surface area contributed by atoms with Crippen LogP contribution in [0.4, 0.5) is 5.69 Å². The minimum Gasteiger partial charge on any atom is -0.309 e. The van der Waals surface area contributed by atoms with Crippen molar-refractivity contribution in [3.63, 3.8) is 0 Å². The van der Waals surface area contributed by atoms with Crippen LogP contribution in [0.2, 0.25) is 5.02 Å². The molecule has 1 fully saturated rings. The highest BCUT2D eigenvalue weighted by atomic mass is 35.5. The van der Waals surface area contributed by atoms with Gasteiger partial charge in [-0.05, 0) is 37.9 Å². The predicted octanol–water partition coefficient (Wildman–Crippen LogP) is 2.75. The molecule has 1 aliphatic heterocycles. The van der Waals surface area contributed by atoms with Gasteiger partial charge in [0, 0.05) is 6.54 Å². The zero-order chi connectivity index (χ0) is 13.1. The maximum Gasteiger partial charge on any atom is 0.244 e. The smallest absolute Gasteiger partial charge is 0.244 e. The Bertz CT molecular complexity index is 425. The molecule has 0 aromatic heterocycles. The summed E-state index contributed by atoms with van der Waals surface area (Å²) < 4.78 is 0. The van der Waals surface area contributed by atoms with E-state index in [0.717, 1.165) is 37.2 Å². The Morgan fingerprint density at radius 1 is 1.50 bits per heavy atom. The van der Waals surface area contributed by atoms with Crippen molar-refractivity contribution in [1.82, 2.24) is 5.32 Å². The molecule has 3 nitrogen and oxygen atoms in total. The van der Waals surface area contributed by atoms with Crippen LogP contribution < -0.4 is 10.2 Å². The number of carbonyl (C=O) groups excluding carboxylic acids is 1. The van der Waals surface area contributed by atoms with Crippen molar-refractivity contribution in [3.05, 3.63) is 28.8 Å². The maximum atomic E-state index is 12.4. The molecule has 0 saturated carbocycles. The van der Waals surface area contributed by atoms with Crippen molar-refractivity contribution < 1.29 is 4.79 Å². The van der Waals surface area contributed by atoms with E-state index in [-0.39, 0.29) is 11.9 Å². The Hall–Kier alpha value is -1.06. The first kappa shape index (κ1) is 13.4. The Balaban J connectivity index is 2.29. The van der Waals surface area contributed by atoms with Crippen LogP contribution in [0.25, 0.3) is 0 Å². The van der Waals surface area contributed by atoms with Crippen molar-refractivity contribution in [2.45, 2.75) is 32.7 Å². The molecule has 1 amide bonds. The third-order valence-electron chi connectivity index (χ3n) is 3.35. The molecule has 1 aromatic rings. The van der Waals surface area contributed by atoms with Gasteiger partial charge in [-0.2, -0.15) is 0 Å². The minimum atomic E-state index is -0.0700. The maximum absolute atomic E-state index is 12.4. The van der Waals surface area contributed by atoms with E-state index in [1.807, 2.05) is 36.9 Å². The van der Waals surface area contributed by atoms with E-state index < -0.39 is 0 Å². The van der Waals surface area contributed by atoms with Crippen LogP contribution in [0.1, 0.15) is 25.3 Å². The summed E-state index contributed by atoms with van der Waals surface area (Å²) in [6.45, 7) is 5.58. The van der Waals surface area contributed by atoms with Gasteiger partial charge in [0.05, 0.1) is 16.8 Å². The number of rotatable bonds is 3. The fourth-order valence-corrected chi connectivity index (χ4v) is 2.82. The van der Waals surface area contributed by atoms with Crippen LogP contribution in [-0.4, -0.2) is 25.0 Å². The van der Waals surface area contributed by atoms with Gasteiger partial charge in [-0.3, -0.25) is 4.79 Å². The number of nitrogens with zero attached hydrogens (tertiary/aromatic N) is 1. The lowest BCUT2D eigenvalue weighted by Gasteiger charge is -2.34. The molecule has 1 unspecified atom stereocenters. The van der Waals surface area contributed by atoms with Crippen molar-refractivity contribution in [2.24, 2.45) is 0 Å². The topological polar surface area (TPSA) is 32.3 Å². The molecule has 1 saturated heterocycles. The average Bonchev–Trinajstić information content (AvgIpc) is 2.33. The summed E-state index contributed by atoms with van der Waals surface area (Å²) in [6, 6.07) is 5.68. The summed E-state index contributed by atoms with van der Waals surface area (Å²) in [6.07, 6.45) is 1.92. The zero-order valence-electron chi connectivity index (χ0n) is 10.9. The number of nitrogens with one attached hydrogen (secondary N) is 1. The molecule has 18 heavy (non-hydrogen) atoms. The highest BCUT2D eigenvalue weighted by Gasteiger charge is 2.30. The number of piperidine rings is 1. The predicted molar refractivity (Wildman–Crippen MR) is 75.2 cm³/mol. The molecule has 0 bridgehead atoms. The van der Waals surface area contributed by atoms with Gasteiger partial charge in [-0.15, -0.1) is 0 Å². The molecular formula is C14H19ClN2O. The lowest BCUT2D eigenvalue weighted by Crippen LogP contribution is -2.51. The summed E-state index contributed by atoms with van der Waals surface area (Å²) in [7, 11) is 0. The number of amides is 1. The number of carbonyl (C=O) groups is 1. The van der Waals surface area contributed by atoms with Crippen molar-refractivity contribution >= 4 is 23.2 Å². The van der Waals surface area contributed by atoms with E-state index in [2.05, 4.69) is 5.32 Å². The van der Waals surface area contributed by atoms with Gasteiger partial charge >= 0.3 is 0 Å². The molecule has 0 spiro atoms. The van der Waals surface area contributed by atoms with Gasteiger partial charge < -0.3 is 10.2 Å². The lowest BCUT2D eigenvalue weighted by molar-refractivity contribution is -0.121. The van der Waals surface area contributed by atoms with Crippen LogP contribution in [-0.2, 0) is 4.79 Å². The fourth-order valence-electron chi connectivity index (χ4n) is 2.50. The highest BCUT2D eigenvalue weighted by Crippen LogP contribution is 2.31. The minimum absolute atomic E-state index is 0.0700. The molecule has 1 aromatic carbocycles. The van der Waals surface area contributed by atoms with E-state index in [1.165, 1.54) is 0 Å². The second kappa shape index (κ2) is 5.72. The number of para-hydroxylation sites is 1. The fraction of sp³-hybridized carbons (Fsp3) is 0.500. The van der Waals surface area contributed by atoms with Gasteiger partial charge in [0.1, 0.15) is 0 Å². The summed E-state index contributed by atoms with van der Waals surface area (Å²) >= 11 is 6.24. The van der Waals surface area contributed by atoms with Gasteiger partial charge in [0.15, 0.2) is 0 Å². The summed E-state index contributed by atoms with van der Waals surface area (Å²) in [5.74, 6) is 0.138. The van der Waals surface area contributed by atoms with Crippen LogP contribution in [0.3, 0.4) is 0 Å². The summed E-state index contributed by atoms with van der Waals surface area (Å²) in [5, 5.41) is 3.89. The van der Waals surface area contributed by atoms with Gasteiger partial charge in [0.2, 0.25) is 5.91 Å². The van der Waals surface area contributed by atoms with Crippen LogP contribution in [0.5, 0.6) is 0 Å². The van der Waals surface area contributed by atoms with E-state index in [9.17, 15) is 4.79 Å². The normalized spacial score (nSPS) is 20.3. The SMILES string of the molecule is CCNC1CCCN(c2c(C)cccc2Cl)C1=O. The number of halogens is 1. The first-order chi connectivity index (χ1) is 8.65. The molecule has 0 aliphatic carbocycles. The Morgan fingerprint density at radius 2 is 2.28 bits per heavy atom. The van der Waals surface area contributed by atoms with Gasteiger partial charge in [-0.1, -0.05) is 30.7 Å². The molecule has 1 heterocycles. The highest BCUT2D eigenvalue weighted by molar-refractivity contribution is 6.34. The quantitative estimate of drug-likeness (QED) is 0.912. The van der Waals surface area contributed by atoms with Crippen LogP contribution in [0.15, 0.2) is 18.2 Å². The van der Waals surface area contributed by atoms with Crippen molar-refractivity contribution in [2.75, 3.05) is 18.0 Å². The third-order valence-corrected chi connectivity index (χ3v) is 3.65. The Kier molecular flexibility index (Phi) is 4.25. The number of likely N-dealkylation sites (N-methyl/N-ethyl adjacent to an activating group) is 1. The Morgan fingerprint density at radius 3 is 2.94 bits per heavy atom. The van der Waals surface area contributed by atoms with Gasteiger partial charge in [-0.25, -0.2) is 0 Å². The van der Waals surface area contributed by atoms with Crippen molar-refractivity contribution in [1.29, 1.82) is 0 Å². The first-order valence-electron chi connectivity index (χ1n) is 6.45. The number of anilines is 1. The Labute approximate surface area is 113 Å². The number of hydrogen-bond acceptors (Lipinski definition) is 2. The lowest BCUT2D eigenvalue weighted by atomic mass is 10.0. The molecule has 4 heteroatoms. The standard InChI is InChI=1S/C14H19ClN2O/c1-3-16-12-8-5-9-17(14(12)18)13-10(2)6-4-7-11(13)15/h4,6-7,12,16H,3,5,8-9H2,1-2H3. The van der Waals surface area contributed by atoms with E-state index >= 15 is 0 Å². The molecule has 1 aliphatic rings. The van der Waals surface area contributed by atoms with Crippen LogP contribution >= 0.6 is 11.6 Å². The zero-order valence-corrected chi connectivity index (χ0v) is 11.6. The molecule has 1 atom stereocenters.